The first-order valence-corrected chi connectivity index (χ1v) is 16.7. The number of esters is 1. The van der Waals surface area contributed by atoms with Crippen molar-refractivity contribution in [1.29, 1.82) is 0 Å². The lowest BCUT2D eigenvalue weighted by Gasteiger charge is -2.27. The van der Waals surface area contributed by atoms with Gasteiger partial charge in [0, 0.05) is 39.1 Å². The van der Waals surface area contributed by atoms with Gasteiger partial charge in [0.1, 0.15) is 5.75 Å². The smallest absolute Gasteiger partial charge is 0.350 e. The highest BCUT2D eigenvalue weighted by Crippen LogP contribution is 2.37. The van der Waals surface area contributed by atoms with Crippen molar-refractivity contribution in [1.82, 2.24) is 4.90 Å². The van der Waals surface area contributed by atoms with Crippen molar-refractivity contribution < 1.29 is 19.1 Å². The van der Waals surface area contributed by atoms with Crippen LogP contribution in [0.25, 0.3) is 0 Å². The molecule has 0 aromatic heterocycles. The molecule has 5 rings (SSSR count). The fourth-order valence-corrected chi connectivity index (χ4v) is 5.60. The van der Waals surface area contributed by atoms with Crippen LogP contribution in [0.4, 0.5) is 11.4 Å². The first kappa shape index (κ1) is 38.9. The Morgan fingerprint density at radius 2 is 1.38 bits per heavy atom. The number of hydrogen-bond donors (Lipinski definition) is 0. The molecule has 1 heterocycles. The summed E-state index contributed by atoms with van der Waals surface area (Å²) >= 11 is 12.1. The van der Waals surface area contributed by atoms with E-state index in [9.17, 15) is 9.59 Å². The Kier molecular flexibility index (Phi) is 14.4. The Morgan fingerprint density at radius 3 is 1.98 bits per heavy atom. The minimum atomic E-state index is -1.12. The van der Waals surface area contributed by atoms with Crippen LogP contribution in [0.3, 0.4) is 0 Å². The molecule has 9 heteroatoms. The number of nitrogens with zero attached hydrogens (tertiary/aromatic N) is 2. The van der Waals surface area contributed by atoms with Gasteiger partial charge in [0.05, 0.1) is 6.10 Å². The number of ketones is 1. The number of aryl methyl sites for hydroxylation is 2. The van der Waals surface area contributed by atoms with E-state index in [0.29, 0.717) is 21.9 Å². The maximum absolute atomic E-state index is 12.4. The van der Waals surface area contributed by atoms with Gasteiger partial charge in [-0.05, 0) is 145 Å². The summed E-state index contributed by atoms with van der Waals surface area (Å²) in [4.78, 5) is 29.2. The highest BCUT2D eigenvalue weighted by atomic mass is 35.5. The number of rotatable bonds is 10. The molecule has 0 radical (unpaired) electrons. The summed E-state index contributed by atoms with van der Waals surface area (Å²) in [7, 11) is 4.25. The molecule has 0 N–H and O–H groups in total. The molecule has 4 aromatic rings. The van der Waals surface area contributed by atoms with Gasteiger partial charge in [0.2, 0.25) is 0 Å². The molecule has 0 unspecified atom stereocenters. The van der Waals surface area contributed by atoms with Crippen molar-refractivity contribution in [3.63, 3.8) is 0 Å². The van der Waals surface area contributed by atoms with E-state index in [1.807, 2.05) is 6.07 Å². The van der Waals surface area contributed by atoms with Crippen LogP contribution in [0.15, 0.2) is 91.0 Å². The standard InChI is InChI=1S/C20H21ClO4.C19H23ClN2.ClH/c1-13(2)24-19(23)20(3,4)25-17-11-7-15(8-12-17)18(22)14-5-9-16(21)10-6-14;1-21(2)12-5-13-22-18-7-4-3-6-15(18)8-9-16-10-11-17(20)14-19(16)22;/h5-13H,1-4H3;3-4,6-7,10-11,14H,5,8-9,12-13H2,1-2H3;1H. The van der Waals surface area contributed by atoms with Crippen molar-refractivity contribution in [3.05, 3.63) is 123 Å². The number of hydrogen-bond acceptors (Lipinski definition) is 6. The molecule has 0 atom stereocenters. The van der Waals surface area contributed by atoms with Gasteiger partial charge in [-0.15, -0.1) is 12.4 Å². The largest absolute Gasteiger partial charge is 0.476 e. The van der Waals surface area contributed by atoms with E-state index >= 15 is 0 Å². The van der Waals surface area contributed by atoms with Gasteiger partial charge < -0.3 is 19.3 Å². The zero-order valence-electron chi connectivity index (χ0n) is 28.5. The second kappa shape index (κ2) is 17.7. The minimum absolute atomic E-state index is 0. The lowest BCUT2D eigenvalue weighted by Crippen LogP contribution is -2.40. The highest BCUT2D eigenvalue weighted by molar-refractivity contribution is 6.31. The number of para-hydroxylation sites is 1. The van der Waals surface area contributed by atoms with Crippen LogP contribution in [0.2, 0.25) is 10.0 Å². The van der Waals surface area contributed by atoms with Gasteiger partial charge in [-0.3, -0.25) is 4.79 Å². The minimum Gasteiger partial charge on any atom is -0.476 e. The zero-order chi connectivity index (χ0) is 34.1. The highest BCUT2D eigenvalue weighted by Gasteiger charge is 2.32. The van der Waals surface area contributed by atoms with Crippen LogP contribution >= 0.6 is 35.6 Å². The normalized spacial score (nSPS) is 12.2. The van der Waals surface area contributed by atoms with E-state index < -0.39 is 11.6 Å². The number of benzene rings is 4. The Labute approximate surface area is 301 Å². The molecule has 4 aromatic carbocycles. The average Bonchev–Trinajstić information content (AvgIpc) is 3.18. The van der Waals surface area contributed by atoms with Gasteiger partial charge in [-0.25, -0.2) is 4.79 Å². The Bertz CT molecular complexity index is 1660. The van der Waals surface area contributed by atoms with Crippen molar-refractivity contribution in [2.24, 2.45) is 0 Å². The lowest BCUT2D eigenvalue weighted by molar-refractivity contribution is -0.163. The van der Waals surface area contributed by atoms with Gasteiger partial charge >= 0.3 is 5.97 Å². The van der Waals surface area contributed by atoms with E-state index in [4.69, 9.17) is 32.7 Å². The topological polar surface area (TPSA) is 59.1 Å². The predicted octanol–water partition coefficient (Wildman–Crippen LogP) is 9.63. The number of fused-ring (bicyclic) bond motifs is 2. The third kappa shape index (κ3) is 10.7. The molecule has 0 spiro atoms. The number of carbonyl (C=O) groups is 2. The Balaban J connectivity index is 0.000000257. The molecule has 0 aliphatic carbocycles. The third-order valence-corrected chi connectivity index (χ3v) is 8.19. The molecule has 1 aliphatic rings. The SMILES string of the molecule is CC(C)OC(=O)C(C)(C)Oc1ccc(C(=O)c2ccc(Cl)cc2)cc1.CN(C)CCCN1c2ccccc2CCc2ccc(Cl)cc21.Cl. The second-order valence-electron chi connectivity index (χ2n) is 12.6. The summed E-state index contributed by atoms with van der Waals surface area (Å²) < 4.78 is 10.9. The van der Waals surface area contributed by atoms with Gasteiger partial charge in [-0.2, -0.15) is 0 Å². The average molecular weight is 712 g/mol. The summed E-state index contributed by atoms with van der Waals surface area (Å²) in [5.41, 5.74) is 5.39. The third-order valence-electron chi connectivity index (χ3n) is 7.70. The number of carbonyl (C=O) groups excluding carboxylic acids is 2. The fourth-order valence-electron chi connectivity index (χ4n) is 5.30. The molecule has 0 saturated heterocycles. The quantitative estimate of drug-likeness (QED) is 0.121. The maximum atomic E-state index is 12.4. The summed E-state index contributed by atoms with van der Waals surface area (Å²) in [6, 6.07) is 28.4. The molecule has 6 nitrogen and oxygen atoms in total. The molecule has 48 heavy (non-hydrogen) atoms. The van der Waals surface area contributed by atoms with Crippen LogP contribution in [0, 0.1) is 0 Å². The van der Waals surface area contributed by atoms with E-state index in [-0.39, 0.29) is 24.3 Å². The second-order valence-corrected chi connectivity index (χ2v) is 13.5. The summed E-state index contributed by atoms with van der Waals surface area (Å²) in [5, 5.41) is 1.39. The summed E-state index contributed by atoms with van der Waals surface area (Å²) in [6.45, 7) is 8.96. The number of halogens is 3. The summed E-state index contributed by atoms with van der Waals surface area (Å²) in [5.74, 6) is -0.0659. The van der Waals surface area contributed by atoms with Gasteiger partial charge in [0.15, 0.2) is 11.4 Å². The van der Waals surface area contributed by atoms with E-state index in [1.165, 1.54) is 22.5 Å². The monoisotopic (exact) mass is 710 g/mol. The zero-order valence-corrected chi connectivity index (χ0v) is 30.8. The van der Waals surface area contributed by atoms with Crippen molar-refractivity contribution >= 4 is 58.7 Å². The first-order valence-electron chi connectivity index (χ1n) is 15.9. The molecule has 1 aliphatic heterocycles. The molecular formula is C39H45Cl3N2O4. The predicted molar refractivity (Wildman–Crippen MR) is 200 cm³/mol. The van der Waals surface area contributed by atoms with Crippen molar-refractivity contribution in [2.45, 2.75) is 58.7 Å². The lowest BCUT2D eigenvalue weighted by atomic mass is 10.0. The summed E-state index contributed by atoms with van der Waals surface area (Å²) in [6.07, 6.45) is 3.09. The van der Waals surface area contributed by atoms with Crippen LogP contribution in [-0.4, -0.2) is 55.5 Å². The molecule has 0 fully saturated rings. The van der Waals surface area contributed by atoms with Crippen molar-refractivity contribution in [3.8, 4) is 5.75 Å². The maximum Gasteiger partial charge on any atom is 0.350 e. The number of ether oxygens (including phenoxy) is 2. The molecule has 0 bridgehead atoms. The Morgan fingerprint density at radius 1 is 0.812 bits per heavy atom. The van der Waals surface area contributed by atoms with Crippen molar-refractivity contribution in [2.75, 3.05) is 32.1 Å². The van der Waals surface area contributed by atoms with Gasteiger partial charge in [0.25, 0.3) is 0 Å². The molecule has 256 valence electrons. The fraction of sp³-hybridized carbons (Fsp3) is 0.333. The number of anilines is 2. The Hall–Kier alpha value is -3.55. The molecular weight excluding hydrogens is 667 g/mol. The van der Waals surface area contributed by atoms with Crippen LogP contribution in [-0.2, 0) is 22.4 Å². The van der Waals surface area contributed by atoms with Crippen LogP contribution in [0.1, 0.15) is 61.2 Å². The molecule has 0 saturated carbocycles. The van der Waals surface area contributed by atoms with E-state index in [0.717, 1.165) is 37.4 Å². The van der Waals surface area contributed by atoms with Crippen LogP contribution in [0.5, 0.6) is 5.75 Å². The van der Waals surface area contributed by atoms with E-state index in [2.05, 4.69) is 60.3 Å². The van der Waals surface area contributed by atoms with E-state index in [1.54, 1.807) is 76.2 Å². The first-order chi connectivity index (χ1) is 22.3. The molecule has 0 amide bonds. The van der Waals surface area contributed by atoms with Crippen LogP contribution < -0.4 is 9.64 Å². The van der Waals surface area contributed by atoms with Gasteiger partial charge in [-0.1, -0.05) is 47.5 Å².